The largest absolute Gasteiger partial charge is 0.298 e. The Bertz CT molecular complexity index is 472. The Morgan fingerprint density at radius 1 is 1.18 bits per heavy atom. The normalized spacial score (nSPS) is 16.0. The summed E-state index contributed by atoms with van der Waals surface area (Å²) in [5, 5.41) is 0. The first kappa shape index (κ1) is 11.5. The molecular formula is C13H13NO3. The second-order valence-corrected chi connectivity index (χ2v) is 4.06. The van der Waals surface area contributed by atoms with Crippen molar-refractivity contribution < 1.29 is 14.4 Å². The molecule has 1 heterocycles. The van der Waals surface area contributed by atoms with E-state index in [1.165, 1.54) is 6.92 Å². The number of hydrogen-bond acceptors (Lipinski definition) is 3. The molecule has 1 aromatic carbocycles. The van der Waals surface area contributed by atoms with Gasteiger partial charge < -0.3 is 0 Å². The zero-order chi connectivity index (χ0) is 12.6. The van der Waals surface area contributed by atoms with Crippen LogP contribution in [0.15, 0.2) is 24.3 Å². The van der Waals surface area contributed by atoms with Crippen molar-refractivity contribution in [2.45, 2.75) is 26.3 Å². The summed E-state index contributed by atoms with van der Waals surface area (Å²) >= 11 is 0. The molecule has 1 unspecified atom stereocenters. The van der Waals surface area contributed by atoms with Crippen molar-refractivity contribution >= 4 is 17.6 Å². The highest BCUT2D eigenvalue weighted by Gasteiger charge is 2.40. The molecule has 1 aromatic rings. The summed E-state index contributed by atoms with van der Waals surface area (Å²) < 4.78 is 0. The van der Waals surface area contributed by atoms with Gasteiger partial charge in [0, 0.05) is 0 Å². The summed E-state index contributed by atoms with van der Waals surface area (Å²) in [6.45, 7) is 3.19. The number of ketones is 1. The smallest absolute Gasteiger partial charge is 0.262 e. The average molecular weight is 231 g/mol. The molecule has 0 N–H and O–H groups in total. The Morgan fingerprint density at radius 2 is 1.65 bits per heavy atom. The van der Waals surface area contributed by atoms with Gasteiger partial charge in [-0.05, 0) is 25.5 Å². The number of rotatable bonds is 3. The van der Waals surface area contributed by atoms with Crippen molar-refractivity contribution in [3.8, 4) is 0 Å². The Morgan fingerprint density at radius 3 is 2.00 bits per heavy atom. The van der Waals surface area contributed by atoms with E-state index in [0.717, 1.165) is 4.90 Å². The minimum atomic E-state index is -0.651. The third kappa shape index (κ3) is 1.65. The number of fused-ring (bicyclic) bond motifs is 1. The van der Waals surface area contributed by atoms with Crippen LogP contribution in [0.4, 0.5) is 0 Å². The van der Waals surface area contributed by atoms with Crippen LogP contribution in [0, 0.1) is 0 Å². The SMILES string of the molecule is CCC(C(C)=O)N1C(=O)c2ccccc2C1=O. The van der Waals surface area contributed by atoms with Gasteiger partial charge >= 0.3 is 0 Å². The van der Waals surface area contributed by atoms with Gasteiger partial charge in [-0.3, -0.25) is 19.3 Å². The quantitative estimate of drug-likeness (QED) is 0.743. The Hall–Kier alpha value is -1.97. The van der Waals surface area contributed by atoms with Crippen molar-refractivity contribution in [1.29, 1.82) is 0 Å². The van der Waals surface area contributed by atoms with Crippen LogP contribution < -0.4 is 0 Å². The van der Waals surface area contributed by atoms with Crippen LogP contribution in [0.2, 0.25) is 0 Å². The van der Waals surface area contributed by atoms with Gasteiger partial charge in [0.2, 0.25) is 0 Å². The molecule has 1 aliphatic heterocycles. The fourth-order valence-electron chi connectivity index (χ4n) is 2.14. The number of carbonyl (C=O) groups excluding carboxylic acids is 3. The first-order valence-corrected chi connectivity index (χ1v) is 5.55. The molecule has 0 bridgehead atoms. The van der Waals surface area contributed by atoms with Crippen molar-refractivity contribution in [2.24, 2.45) is 0 Å². The number of amides is 2. The van der Waals surface area contributed by atoms with Crippen molar-refractivity contribution in [3.63, 3.8) is 0 Å². The van der Waals surface area contributed by atoms with Gasteiger partial charge in [0.05, 0.1) is 17.2 Å². The average Bonchev–Trinajstić information content (AvgIpc) is 2.56. The molecule has 4 nitrogen and oxygen atoms in total. The van der Waals surface area contributed by atoms with E-state index in [1.54, 1.807) is 31.2 Å². The van der Waals surface area contributed by atoms with Crippen LogP contribution in [0.5, 0.6) is 0 Å². The van der Waals surface area contributed by atoms with Gasteiger partial charge in [-0.1, -0.05) is 19.1 Å². The van der Waals surface area contributed by atoms with E-state index in [4.69, 9.17) is 0 Å². The molecular weight excluding hydrogens is 218 g/mol. The van der Waals surface area contributed by atoms with E-state index in [9.17, 15) is 14.4 Å². The lowest BCUT2D eigenvalue weighted by atomic mass is 10.1. The molecule has 0 saturated heterocycles. The first-order chi connectivity index (χ1) is 8.07. The second kappa shape index (κ2) is 4.13. The molecule has 0 spiro atoms. The fourth-order valence-corrected chi connectivity index (χ4v) is 2.14. The number of nitrogens with zero attached hydrogens (tertiary/aromatic N) is 1. The third-order valence-corrected chi connectivity index (χ3v) is 2.99. The number of hydrogen-bond donors (Lipinski definition) is 0. The summed E-state index contributed by atoms with van der Waals surface area (Å²) in [7, 11) is 0. The summed E-state index contributed by atoms with van der Waals surface area (Å²) in [5.41, 5.74) is 0.773. The van der Waals surface area contributed by atoms with Gasteiger partial charge in [0.1, 0.15) is 0 Å². The van der Waals surface area contributed by atoms with Crippen LogP contribution in [0.1, 0.15) is 41.0 Å². The van der Waals surface area contributed by atoms with Crippen molar-refractivity contribution in [3.05, 3.63) is 35.4 Å². The lowest BCUT2D eigenvalue weighted by Gasteiger charge is -2.22. The topological polar surface area (TPSA) is 54.5 Å². The number of benzene rings is 1. The number of imide groups is 1. The molecule has 0 aromatic heterocycles. The van der Waals surface area contributed by atoms with Crippen LogP contribution in [0.3, 0.4) is 0 Å². The molecule has 0 aliphatic carbocycles. The summed E-state index contributed by atoms with van der Waals surface area (Å²) in [5.74, 6) is -0.901. The van der Waals surface area contributed by atoms with E-state index in [2.05, 4.69) is 0 Å². The maximum atomic E-state index is 12.1. The molecule has 1 aliphatic rings. The zero-order valence-electron chi connectivity index (χ0n) is 9.77. The minimum absolute atomic E-state index is 0.165. The maximum absolute atomic E-state index is 12.1. The predicted octanol–water partition coefficient (Wildman–Crippen LogP) is 1.65. The molecule has 88 valence electrons. The van der Waals surface area contributed by atoms with E-state index < -0.39 is 6.04 Å². The zero-order valence-corrected chi connectivity index (χ0v) is 9.77. The Kier molecular flexibility index (Phi) is 2.79. The highest BCUT2D eigenvalue weighted by atomic mass is 16.2. The molecule has 2 amide bonds. The van der Waals surface area contributed by atoms with Gasteiger partial charge in [-0.25, -0.2) is 0 Å². The Balaban J connectivity index is 2.46. The molecule has 0 saturated carbocycles. The third-order valence-electron chi connectivity index (χ3n) is 2.99. The van der Waals surface area contributed by atoms with Gasteiger partial charge in [-0.15, -0.1) is 0 Å². The van der Waals surface area contributed by atoms with Crippen molar-refractivity contribution in [2.75, 3.05) is 0 Å². The highest BCUT2D eigenvalue weighted by Crippen LogP contribution is 2.25. The molecule has 1 atom stereocenters. The van der Waals surface area contributed by atoms with Crippen LogP contribution in [-0.4, -0.2) is 28.5 Å². The van der Waals surface area contributed by atoms with E-state index >= 15 is 0 Å². The monoisotopic (exact) mass is 231 g/mol. The van der Waals surface area contributed by atoms with Crippen LogP contribution in [0.25, 0.3) is 0 Å². The lowest BCUT2D eigenvalue weighted by molar-refractivity contribution is -0.120. The summed E-state index contributed by atoms with van der Waals surface area (Å²) in [4.78, 5) is 36.7. The summed E-state index contributed by atoms with van der Waals surface area (Å²) in [6, 6.07) is 6.00. The molecule has 4 heteroatoms. The van der Waals surface area contributed by atoms with E-state index in [0.29, 0.717) is 17.5 Å². The molecule has 0 fully saturated rings. The Labute approximate surface area is 99.2 Å². The second-order valence-electron chi connectivity index (χ2n) is 4.06. The number of Topliss-reactive ketones (excluding diaryl/α,β-unsaturated/α-hetero) is 1. The van der Waals surface area contributed by atoms with Crippen molar-refractivity contribution in [1.82, 2.24) is 4.90 Å². The van der Waals surface area contributed by atoms with Crippen LogP contribution >= 0.6 is 0 Å². The first-order valence-electron chi connectivity index (χ1n) is 5.55. The van der Waals surface area contributed by atoms with Gasteiger partial charge in [0.25, 0.3) is 11.8 Å². The van der Waals surface area contributed by atoms with Gasteiger partial charge in [-0.2, -0.15) is 0 Å². The van der Waals surface area contributed by atoms with E-state index in [1.807, 2.05) is 0 Å². The van der Waals surface area contributed by atoms with Crippen LogP contribution in [-0.2, 0) is 4.79 Å². The standard InChI is InChI=1S/C13H13NO3/c1-3-11(8(2)15)14-12(16)9-6-4-5-7-10(9)13(14)17/h4-7,11H,3H2,1-2H3. The number of carbonyl (C=O) groups is 3. The summed E-state index contributed by atoms with van der Waals surface area (Å²) in [6.07, 6.45) is 0.445. The fraction of sp³-hybridized carbons (Fsp3) is 0.308. The minimum Gasteiger partial charge on any atom is -0.298 e. The molecule has 2 rings (SSSR count). The maximum Gasteiger partial charge on any atom is 0.262 e. The molecule has 17 heavy (non-hydrogen) atoms. The van der Waals surface area contributed by atoms with E-state index in [-0.39, 0.29) is 17.6 Å². The van der Waals surface area contributed by atoms with Gasteiger partial charge in [0.15, 0.2) is 5.78 Å². The predicted molar refractivity (Wildman–Crippen MR) is 61.7 cm³/mol. The molecule has 0 radical (unpaired) electrons. The highest BCUT2D eigenvalue weighted by molar-refractivity contribution is 6.22. The lowest BCUT2D eigenvalue weighted by Crippen LogP contribution is -2.43.